The summed E-state index contributed by atoms with van der Waals surface area (Å²) in [4.78, 5) is 34.5. The lowest BCUT2D eigenvalue weighted by Crippen LogP contribution is -2.33. The van der Waals surface area contributed by atoms with Crippen LogP contribution in [0.2, 0.25) is 0 Å². The molecule has 1 N–H and O–H groups in total. The minimum absolute atomic E-state index is 0.353. The van der Waals surface area contributed by atoms with Crippen LogP contribution >= 0.6 is 11.3 Å². The van der Waals surface area contributed by atoms with Gasteiger partial charge in [-0.05, 0) is 37.1 Å². The molecule has 0 bridgehead atoms. The number of hydrogen-bond acceptors (Lipinski definition) is 5. The second-order valence-corrected chi connectivity index (χ2v) is 9.05. The molecule has 0 unspecified atom stereocenters. The van der Waals surface area contributed by atoms with Crippen LogP contribution in [0, 0.1) is 12.3 Å². The first-order valence-corrected chi connectivity index (χ1v) is 10.4. The van der Waals surface area contributed by atoms with E-state index in [4.69, 9.17) is 4.98 Å². The van der Waals surface area contributed by atoms with Crippen molar-refractivity contribution in [3.05, 3.63) is 53.2 Å². The van der Waals surface area contributed by atoms with Crippen LogP contribution in [0.25, 0.3) is 21.7 Å². The van der Waals surface area contributed by atoms with Crippen LogP contribution in [0.4, 0.5) is 5.82 Å². The second-order valence-electron chi connectivity index (χ2n) is 7.97. The first kappa shape index (κ1) is 20.9. The number of carbonyl (C=O) groups is 2. The molecule has 2 aromatic heterocycles. The highest BCUT2D eigenvalue weighted by molar-refractivity contribution is 7.15. The van der Waals surface area contributed by atoms with E-state index in [2.05, 4.69) is 42.3 Å². The van der Waals surface area contributed by atoms with Gasteiger partial charge < -0.3 is 5.32 Å². The number of nitrogens with one attached hydrogen (secondary N) is 1. The zero-order chi connectivity index (χ0) is 21.2. The van der Waals surface area contributed by atoms with E-state index in [1.54, 1.807) is 44.4 Å². The summed E-state index contributed by atoms with van der Waals surface area (Å²) >= 11 is 1.63. The Bertz CT molecular complexity index is 1060. The van der Waals surface area contributed by atoms with E-state index in [1.807, 2.05) is 12.1 Å². The predicted octanol–water partition coefficient (Wildman–Crippen LogP) is 5.30. The average molecular weight is 408 g/mol. The molecule has 1 aromatic carbocycles. The predicted molar refractivity (Wildman–Crippen MR) is 118 cm³/mol. The number of hydrogen-bond donors (Lipinski definition) is 1. The van der Waals surface area contributed by atoms with Crippen molar-refractivity contribution in [3.8, 4) is 21.7 Å². The summed E-state index contributed by atoms with van der Waals surface area (Å²) in [6.07, 6.45) is 2.48. The Morgan fingerprint density at radius 2 is 1.86 bits per heavy atom. The maximum absolute atomic E-state index is 12.3. The maximum atomic E-state index is 12.3. The van der Waals surface area contributed by atoms with E-state index in [-0.39, 0.29) is 0 Å². The number of carbonyl (C=O) groups excluding carboxylic acids is 2. The van der Waals surface area contributed by atoms with Gasteiger partial charge in [-0.3, -0.25) is 9.59 Å². The summed E-state index contributed by atoms with van der Waals surface area (Å²) < 4.78 is 0. The van der Waals surface area contributed by atoms with E-state index in [9.17, 15) is 9.59 Å². The molecule has 3 aromatic rings. The number of thiazole rings is 1. The number of ketones is 1. The molecule has 0 spiro atoms. The third-order valence-corrected chi connectivity index (χ3v) is 5.67. The largest absolute Gasteiger partial charge is 0.304 e. The van der Waals surface area contributed by atoms with Gasteiger partial charge in [0.2, 0.25) is 5.78 Å². The Labute approximate surface area is 175 Å². The molecule has 0 aliphatic carbocycles. The van der Waals surface area contributed by atoms with E-state index < -0.39 is 17.1 Å². The molecule has 2 heterocycles. The van der Waals surface area contributed by atoms with E-state index in [1.165, 1.54) is 5.56 Å². The van der Waals surface area contributed by atoms with Gasteiger partial charge in [0.1, 0.15) is 5.82 Å². The summed E-state index contributed by atoms with van der Waals surface area (Å²) in [5.74, 6) is -0.775. The molecule has 0 aliphatic heterocycles. The molecule has 5 nitrogen and oxygen atoms in total. The number of nitrogens with zero attached hydrogens (tertiary/aromatic N) is 2. The van der Waals surface area contributed by atoms with Crippen LogP contribution in [0.5, 0.6) is 0 Å². The zero-order valence-corrected chi connectivity index (χ0v) is 18.2. The minimum Gasteiger partial charge on any atom is -0.304 e. The third-order valence-electron chi connectivity index (χ3n) is 4.42. The van der Waals surface area contributed by atoms with E-state index in [0.717, 1.165) is 33.1 Å². The minimum atomic E-state index is -0.742. The van der Waals surface area contributed by atoms with Crippen LogP contribution in [-0.2, 0) is 16.0 Å². The van der Waals surface area contributed by atoms with Gasteiger partial charge in [-0.1, -0.05) is 51.5 Å². The van der Waals surface area contributed by atoms with Gasteiger partial charge >= 0.3 is 0 Å². The fraction of sp³-hybridized carbons (Fsp3) is 0.304. The molecule has 6 heteroatoms. The summed E-state index contributed by atoms with van der Waals surface area (Å²) in [7, 11) is 0. The first-order chi connectivity index (χ1) is 13.7. The highest BCUT2D eigenvalue weighted by atomic mass is 32.1. The standard InChI is InChI=1S/C23H25N3O2S/c1-6-18-26-19(15-9-7-8-14(2)12-15)20(29-18)16-10-11-24-17(13-16)25-22(28)21(27)23(3,4)5/h7-13H,6H2,1-5H3,(H,24,25,28). The molecule has 29 heavy (non-hydrogen) atoms. The highest BCUT2D eigenvalue weighted by Crippen LogP contribution is 2.37. The van der Waals surface area contributed by atoms with Gasteiger partial charge in [-0.15, -0.1) is 11.3 Å². The van der Waals surface area contributed by atoms with Crippen molar-refractivity contribution >= 4 is 28.8 Å². The number of pyridine rings is 1. The van der Waals surface area contributed by atoms with Crippen molar-refractivity contribution in [2.24, 2.45) is 5.41 Å². The fourth-order valence-corrected chi connectivity index (χ4v) is 3.88. The molecular weight excluding hydrogens is 382 g/mol. The van der Waals surface area contributed by atoms with Crippen molar-refractivity contribution in [2.45, 2.75) is 41.0 Å². The summed E-state index contributed by atoms with van der Waals surface area (Å²) in [6.45, 7) is 9.30. The molecule has 0 atom stereocenters. The molecule has 0 aliphatic rings. The maximum Gasteiger partial charge on any atom is 0.293 e. The fourth-order valence-electron chi connectivity index (χ4n) is 2.85. The van der Waals surface area contributed by atoms with Gasteiger partial charge in [0.25, 0.3) is 5.91 Å². The Morgan fingerprint density at radius 1 is 1.10 bits per heavy atom. The monoisotopic (exact) mass is 407 g/mol. The van der Waals surface area contributed by atoms with Crippen LogP contribution in [-0.4, -0.2) is 21.7 Å². The van der Waals surface area contributed by atoms with Crippen molar-refractivity contribution in [2.75, 3.05) is 5.32 Å². The number of amides is 1. The van der Waals surface area contributed by atoms with Gasteiger partial charge in [0.05, 0.1) is 15.6 Å². The van der Waals surface area contributed by atoms with Crippen molar-refractivity contribution < 1.29 is 9.59 Å². The topological polar surface area (TPSA) is 72.0 Å². The van der Waals surface area contributed by atoms with Crippen LogP contribution in [0.15, 0.2) is 42.6 Å². The van der Waals surface area contributed by atoms with Gasteiger partial charge in [-0.25, -0.2) is 9.97 Å². The van der Waals surface area contributed by atoms with Crippen LogP contribution in [0.1, 0.15) is 38.3 Å². The van der Waals surface area contributed by atoms with E-state index in [0.29, 0.717) is 5.82 Å². The molecule has 0 fully saturated rings. The molecule has 0 saturated carbocycles. The molecule has 0 radical (unpaired) electrons. The first-order valence-electron chi connectivity index (χ1n) is 9.58. The SMILES string of the molecule is CCc1nc(-c2cccc(C)c2)c(-c2ccnc(NC(=O)C(=O)C(C)(C)C)c2)s1. The number of aryl methyl sites for hydroxylation is 2. The normalized spacial score (nSPS) is 11.3. The summed E-state index contributed by atoms with van der Waals surface area (Å²) in [5.41, 5.74) is 3.31. The third kappa shape index (κ3) is 4.77. The summed E-state index contributed by atoms with van der Waals surface area (Å²) in [6, 6.07) is 11.9. The van der Waals surface area contributed by atoms with Crippen molar-refractivity contribution in [3.63, 3.8) is 0 Å². The van der Waals surface area contributed by atoms with Crippen molar-refractivity contribution in [1.82, 2.24) is 9.97 Å². The Balaban J connectivity index is 1.98. The molecule has 0 saturated heterocycles. The van der Waals surface area contributed by atoms with Crippen LogP contribution in [0.3, 0.4) is 0 Å². The molecular formula is C23H25N3O2S. The lowest BCUT2D eigenvalue weighted by atomic mass is 9.90. The number of rotatable bonds is 5. The Kier molecular flexibility index (Phi) is 5.94. The number of Topliss-reactive ketones (excluding diaryl/α,β-unsaturated/α-hetero) is 1. The molecule has 3 rings (SSSR count). The number of benzene rings is 1. The average Bonchev–Trinajstić information content (AvgIpc) is 3.11. The Hall–Kier alpha value is -2.86. The molecule has 150 valence electrons. The van der Waals surface area contributed by atoms with Gasteiger partial charge in [-0.2, -0.15) is 0 Å². The second kappa shape index (κ2) is 8.25. The number of anilines is 1. The lowest BCUT2D eigenvalue weighted by molar-refractivity contribution is -0.139. The quantitative estimate of drug-likeness (QED) is 0.583. The van der Waals surface area contributed by atoms with Gasteiger partial charge in [0.15, 0.2) is 0 Å². The van der Waals surface area contributed by atoms with Crippen molar-refractivity contribution in [1.29, 1.82) is 0 Å². The number of aromatic nitrogens is 2. The van der Waals surface area contributed by atoms with Crippen LogP contribution < -0.4 is 5.32 Å². The zero-order valence-electron chi connectivity index (χ0n) is 17.4. The molecule has 1 amide bonds. The Morgan fingerprint density at radius 3 is 2.52 bits per heavy atom. The van der Waals surface area contributed by atoms with Gasteiger partial charge in [0, 0.05) is 17.2 Å². The van der Waals surface area contributed by atoms with E-state index >= 15 is 0 Å². The highest BCUT2D eigenvalue weighted by Gasteiger charge is 2.28. The summed E-state index contributed by atoms with van der Waals surface area (Å²) in [5, 5.41) is 3.68. The smallest absolute Gasteiger partial charge is 0.293 e. The lowest BCUT2D eigenvalue weighted by Gasteiger charge is -2.15.